The highest BCUT2D eigenvalue weighted by Gasteiger charge is 2.11. The lowest BCUT2D eigenvalue weighted by molar-refractivity contribution is -0.115. The molecule has 1 atom stereocenters. The van der Waals surface area contributed by atoms with Gasteiger partial charge in [0, 0.05) is 24.3 Å². The summed E-state index contributed by atoms with van der Waals surface area (Å²) >= 11 is 0. The summed E-state index contributed by atoms with van der Waals surface area (Å²) in [6.45, 7) is 1.72. The van der Waals surface area contributed by atoms with Crippen LogP contribution in [0, 0.1) is 11.6 Å². The number of carbonyl (C=O) groups is 2. The predicted octanol–water partition coefficient (Wildman–Crippen LogP) is 2.61. The van der Waals surface area contributed by atoms with Gasteiger partial charge in [0.2, 0.25) is 5.91 Å². The molecule has 0 bridgehead atoms. The fourth-order valence-corrected chi connectivity index (χ4v) is 2.23. The molecule has 0 aromatic heterocycles. The van der Waals surface area contributed by atoms with Crippen molar-refractivity contribution in [2.45, 2.75) is 13.0 Å². The van der Waals surface area contributed by atoms with Crippen LogP contribution >= 0.6 is 0 Å². The first kappa shape index (κ1) is 18.5. The Morgan fingerprint density at radius 1 is 1.08 bits per heavy atom. The maximum atomic E-state index is 13.2. The standard InChI is InChI=1S/C18H19F2N3O2/c1-11(12-6-7-15(19)16(20)9-12)22-10-17(24)23-14-5-3-4-13(8-14)18(25)21-2/h3-9,11,22H,10H2,1-2H3,(H,21,25)(H,23,24)/t11-/m0/s1. The second-order valence-electron chi connectivity index (χ2n) is 5.48. The molecule has 2 aromatic carbocycles. The lowest BCUT2D eigenvalue weighted by atomic mass is 10.1. The molecule has 7 heteroatoms. The van der Waals surface area contributed by atoms with Gasteiger partial charge in [-0.3, -0.25) is 9.59 Å². The highest BCUT2D eigenvalue weighted by atomic mass is 19.2. The van der Waals surface area contributed by atoms with Gasteiger partial charge in [0.25, 0.3) is 5.91 Å². The van der Waals surface area contributed by atoms with Gasteiger partial charge >= 0.3 is 0 Å². The van der Waals surface area contributed by atoms with Crippen LogP contribution in [0.2, 0.25) is 0 Å². The van der Waals surface area contributed by atoms with Gasteiger partial charge in [0.05, 0.1) is 6.54 Å². The van der Waals surface area contributed by atoms with E-state index in [0.717, 1.165) is 12.1 Å². The zero-order chi connectivity index (χ0) is 18.4. The monoisotopic (exact) mass is 347 g/mol. The summed E-state index contributed by atoms with van der Waals surface area (Å²) < 4.78 is 26.2. The van der Waals surface area contributed by atoms with E-state index in [0.29, 0.717) is 16.8 Å². The summed E-state index contributed by atoms with van der Waals surface area (Å²) in [7, 11) is 1.52. The number of hydrogen-bond donors (Lipinski definition) is 3. The fourth-order valence-electron chi connectivity index (χ4n) is 2.23. The van der Waals surface area contributed by atoms with E-state index < -0.39 is 11.6 Å². The van der Waals surface area contributed by atoms with Crippen LogP contribution in [0.5, 0.6) is 0 Å². The fraction of sp³-hybridized carbons (Fsp3) is 0.222. The van der Waals surface area contributed by atoms with Crippen LogP contribution in [0.1, 0.15) is 28.9 Å². The van der Waals surface area contributed by atoms with Crippen molar-refractivity contribution in [3.63, 3.8) is 0 Å². The Morgan fingerprint density at radius 3 is 2.52 bits per heavy atom. The Kier molecular flexibility index (Phi) is 6.19. The van der Waals surface area contributed by atoms with E-state index in [1.807, 2.05) is 0 Å². The van der Waals surface area contributed by atoms with Crippen LogP contribution in [0.25, 0.3) is 0 Å². The van der Waals surface area contributed by atoms with Crippen molar-refractivity contribution in [2.24, 2.45) is 0 Å². The number of rotatable bonds is 6. The van der Waals surface area contributed by atoms with Crippen molar-refractivity contribution < 1.29 is 18.4 Å². The molecule has 3 N–H and O–H groups in total. The summed E-state index contributed by atoms with van der Waals surface area (Å²) in [4.78, 5) is 23.6. The molecule has 0 aliphatic rings. The molecular formula is C18H19F2N3O2. The van der Waals surface area contributed by atoms with Gasteiger partial charge < -0.3 is 16.0 Å². The summed E-state index contributed by atoms with van der Waals surface area (Å²) in [6, 6.07) is 9.80. The first-order valence-electron chi connectivity index (χ1n) is 7.71. The van der Waals surface area contributed by atoms with E-state index in [4.69, 9.17) is 0 Å². The highest BCUT2D eigenvalue weighted by Crippen LogP contribution is 2.16. The molecule has 0 spiro atoms. The van der Waals surface area contributed by atoms with Crippen molar-refractivity contribution in [1.29, 1.82) is 0 Å². The van der Waals surface area contributed by atoms with Crippen molar-refractivity contribution in [1.82, 2.24) is 10.6 Å². The number of anilines is 1. The molecule has 2 aromatic rings. The first-order chi connectivity index (χ1) is 11.9. The number of nitrogens with one attached hydrogen (secondary N) is 3. The van der Waals surface area contributed by atoms with Crippen molar-refractivity contribution in [3.05, 3.63) is 65.2 Å². The SMILES string of the molecule is CNC(=O)c1cccc(NC(=O)CN[C@@H](C)c2ccc(F)c(F)c2)c1. The molecular weight excluding hydrogens is 328 g/mol. The second kappa shape index (κ2) is 8.34. The molecule has 0 fully saturated rings. The van der Waals surface area contributed by atoms with Gasteiger partial charge in [-0.25, -0.2) is 8.78 Å². The molecule has 0 radical (unpaired) electrons. The molecule has 0 aliphatic heterocycles. The average Bonchev–Trinajstić information content (AvgIpc) is 2.61. The molecule has 0 saturated carbocycles. The number of halogens is 2. The summed E-state index contributed by atoms with van der Waals surface area (Å²) in [6.07, 6.45) is 0. The predicted molar refractivity (Wildman–Crippen MR) is 91.2 cm³/mol. The number of amides is 2. The summed E-state index contributed by atoms with van der Waals surface area (Å²) in [5.74, 6) is -2.41. The minimum absolute atomic E-state index is 0.0234. The van der Waals surface area contributed by atoms with E-state index >= 15 is 0 Å². The number of hydrogen-bond acceptors (Lipinski definition) is 3. The zero-order valence-corrected chi connectivity index (χ0v) is 13.9. The number of carbonyl (C=O) groups excluding carboxylic acids is 2. The van der Waals surface area contributed by atoms with E-state index in [1.165, 1.54) is 13.1 Å². The number of benzene rings is 2. The Morgan fingerprint density at radius 2 is 1.84 bits per heavy atom. The van der Waals surface area contributed by atoms with Crippen molar-refractivity contribution in [2.75, 3.05) is 18.9 Å². The van der Waals surface area contributed by atoms with E-state index in [-0.39, 0.29) is 24.4 Å². The van der Waals surface area contributed by atoms with Crippen LogP contribution in [-0.2, 0) is 4.79 Å². The average molecular weight is 347 g/mol. The minimum atomic E-state index is -0.929. The first-order valence-corrected chi connectivity index (χ1v) is 7.71. The van der Waals surface area contributed by atoms with Crippen LogP contribution < -0.4 is 16.0 Å². The topological polar surface area (TPSA) is 70.2 Å². The van der Waals surface area contributed by atoms with Gasteiger partial charge in [-0.05, 0) is 42.8 Å². The van der Waals surface area contributed by atoms with Gasteiger partial charge in [-0.1, -0.05) is 12.1 Å². The van der Waals surface area contributed by atoms with Gasteiger partial charge in [0.15, 0.2) is 11.6 Å². The molecule has 0 unspecified atom stereocenters. The van der Waals surface area contributed by atoms with E-state index in [2.05, 4.69) is 16.0 Å². The second-order valence-corrected chi connectivity index (χ2v) is 5.48. The Bertz CT molecular complexity index is 781. The molecule has 2 amide bonds. The van der Waals surface area contributed by atoms with Gasteiger partial charge in [-0.15, -0.1) is 0 Å². The van der Waals surface area contributed by atoms with Crippen LogP contribution in [0.3, 0.4) is 0 Å². The van der Waals surface area contributed by atoms with E-state index in [1.54, 1.807) is 31.2 Å². The molecule has 0 heterocycles. The molecule has 5 nitrogen and oxygen atoms in total. The normalized spacial score (nSPS) is 11.7. The maximum Gasteiger partial charge on any atom is 0.251 e. The van der Waals surface area contributed by atoms with E-state index in [9.17, 15) is 18.4 Å². The molecule has 132 valence electrons. The molecule has 0 saturated heterocycles. The lowest BCUT2D eigenvalue weighted by Crippen LogP contribution is -2.30. The lowest BCUT2D eigenvalue weighted by Gasteiger charge is -2.14. The third-order valence-corrected chi connectivity index (χ3v) is 3.65. The van der Waals surface area contributed by atoms with Gasteiger partial charge in [0.1, 0.15) is 0 Å². The maximum absolute atomic E-state index is 13.2. The smallest absolute Gasteiger partial charge is 0.251 e. The third-order valence-electron chi connectivity index (χ3n) is 3.65. The summed E-state index contributed by atoms with van der Waals surface area (Å²) in [5, 5.41) is 8.11. The molecule has 2 rings (SSSR count). The van der Waals surface area contributed by atoms with Crippen molar-refractivity contribution in [3.8, 4) is 0 Å². The van der Waals surface area contributed by atoms with Crippen LogP contribution in [-0.4, -0.2) is 25.4 Å². The van der Waals surface area contributed by atoms with Crippen LogP contribution in [0.4, 0.5) is 14.5 Å². The Labute approximate surface area is 144 Å². The summed E-state index contributed by atoms with van der Waals surface area (Å²) in [5.41, 5.74) is 1.46. The molecule has 0 aliphatic carbocycles. The minimum Gasteiger partial charge on any atom is -0.355 e. The van der Waals surface area contributed by atoms with Gasteiger partial charge in [-0.2, -0.15) is 0 Å². The third kappa shape index (κ3) is 5.09. The molecule has 25 heavy (non-hydrogen) atoms. The highest BCUT2D eigenvalue weighted by molar-refractivity contribution is 5.97. The zero-order valence-electron chi connectivity index (χ0n) is 13.9. The quantitative estimate of drug-likeness (QED) is 0.752. The van der Waals surface area contributed by atoms with Crippen molar-refractivity contribution >= 4 is 17.5 Å². The Hall–Kier alpha value is -2.80. The largest absolute Gasteiger partial charge is 0.355 e. The Balaban J connectivity index is 1.92. The van der Waals surface area contributed by atoms with Crippen LogP contribution in [0.15, 0.2) is 42.5 Å².